The van der Waals surface area contributed by atoms with Crippen LogP contribution in [0.4, 0.5) is 0 Å². The molecule has 0 bridgehead atoms. The summed E-state index contributed by atoms with van der Waals surface area (Å²) >= 11 is 0. The highest BCUT2D eigenvalue weighted by atomic mass is 16.5. The van der Waals surface area contributed by atoms with Crippen molar-refractivity contribution in [2.75, 3.05) is 13.7 Å². The number of rotatable bonds is 10. The number of unbranched alkanes of at least 4 members (excludes halogenated alkanes) is 1. The Hall–Kier alpha value is -3.02. The predicted molar refractivity (Wildman–Crippen MR) is 102 cm³/mol. The molecule has 6 heteroatoms. The monoisotopic (exact) mass is 371 g/mol. The van der Waals surface area contributed by atoms with Crippen LogP contribution in [0.5, 0.6) is 11.5 Å². The second kappa shape index (κ2) is 10.2. The second-order valence-corrected chi connectivity index (χ2v) is 6.12. The lowest BCUT2D eigenvalue weighted by Gasteiger charge is -2.16. The zero-order valence-electron chi connectivity index (χ0n) is 15.6. The first-order valence-corrected chi connectivity index (χ1v) is 8.93. The Morgan fingerprint density at radius 3 is 2.48 bits per heavy atom. The highest BCUT2D eigenvalue weighted by Crippen LogP contribution is 2.28. The van der Waals surface area contributed by atoms with Crippen molar-refractivity contribution in [3.63, 3.8) is 0 Å². The molecular formula is C21H25NO5. The molecule has 2 aromatic carbocycles. The number of hydrogen-bond acceptors (Lipinski definition) is 4. The second-order valence-electron chi connectivity index (χ2n) is 6.12. The van der Waals surface area contributed by atoms with Crippen LogP contribution in [0.15, 0.2) is 48.5 Å². The summed E-state index contributed by atoms with van der Waals surface area (Å²) in [5.41, 5.74) is 1.15. The first-order chi connectivity index (χ1) is 13.0. The zero-order valence-corrected chi connectivity index (χ0v) is 15.6. The quantitative estimate of drug-likeness (QED) is 0.626. The molecule has 2 aromatic rings. The third-order valence-electron chi connectivity index (χ3n) is 4.07. The largest absolute Gasteiger partial charge is 0.493 e. The van der Waals surface area contributed by atoms with Gasteiger partial charge < -0.3 is 19.9 Å². The molecule has 144 valence electrons. The van der Waals surface area contributed by atoms with Crippen molar-refractivity contribution in [3.05, 3.63) is 59.7 Å². The van der Waals surface area contributed by atoms with E-state index in [1.165, 1.54) is 7.11 Å². The summed E-state index contributed by atoms with van der Waals surface area (Å²) in [7, 11) is 1.50. The molecule has 0 aliphatic carbocycles. The van der Waals surface area contributed by atoms with E-state index in [0.717, 1.165) is 18.4 Å². The minimum absolute atomic E-state index is 0.206. The molecule has 0 spiro atoms. The van der Waals surface area contributed by atoms with Gasteiger partial charge in [-0.15, -0.1) is 0 Å². The number of carbonyl (C=O) groups excluding carboxylic acids is 1. The summed E-state index contributed by atoms with van der Waals surface area (Å²) in [4.78, 5) is 24.1. The maximum atomic E-state index is 12.5. The van der Waals surface area contributed by atoms with Crippen molar-refractivity contribution in [1.82, 2.24) is 5.32 Å². The van der Waals surface area contributed by atoms with Gasteiger partial charge >= 0.3 is 5.97 Å². The van der Waals surface area contributed by atoms with Gasteiger partial charge in [0.15, 0.2) is 11.5 Å². The summed E-state index contributed by atoms with van der Waals surface area (Å²) in [5, 5.41) is 12.0. The lowest BCUT2D eigenvalue weighted by molar-refractivity contribution is -0.139. The molecule has 1 amide bonds. The topological polar surface area (TPSA) is 84.9 Å². The highest BCUT2D eigenvalue weighted by molar-refractivity contribution is 5.97. The van der Waals surface area contributed by atoms with Crippen LogP contribution in [0.25, 0.3) is 0 Å². The minimum Gasteiger partial charge on any atom is -0.493 e. The number of carbonyl (C=O) groups is 2. The molecule has 0 aliphatic heterocycles. The van der Waals surface area contributed by atoms with E-state index in [2.05, 4.69) is 12.2 Å². The van der Waals surface area contributed by atoms with Crippen LogP contribution >= 0.6 is 0 Å². The maximum Gasteiger partial charge on any atom is 0.326 e. The fourth-order valence-electron chi connectivity index (χ4n) is 2.55. The van der Waals surface area contributed by atoms with Crippen LogP contribution in [-0.2, 0) is 11.2 Å². The molecule has 2 rings (SSSR count). The molecule has 6 nitrogen and oxygen atoms in total. The zero-order chi connectivity index (χ0) is 19.6. The summed E-state index contributed by atoms with van der Waals surface area (Å²) in [5.74, 6) is -0.564. The Morgan fingerprint density at radius 1 is 1.11 bits per heavy atom. The molecule has 0 unspecified atom stereocenters. The van der Waals surface area contributed by atoms with Gasteiger partial charge in [0.05, 0.1) is 13.7 Å². The summed E-state index contributed by atoms with van der Waals surface area (Å²) in [6.45, 7) is 2.64. The number of amides is 1. The summed E-state index contributed by atoms with van der Waals surface area (Å²) in [6, 6.07) is 13.0. The molecule has 2 N–H and O–H groups in total. The van der Waals surface area contributed by atoms with E-state index < -0.39 is 17.9 Å². The number of hydrogen-bond donors (Lipinski definition) is 2. The van der Waals surface area contributed by atoms with Crippen molar-refractivity contribution in [2.24, 2.45) is 0 Å². The lowest BCUT2D eigenvalue weighted by atomic mass is 10.1. The van der Waals surface area contributed by atoms with Crippen LogP contribution in [-0.4, -0.2) is 36.7 Å². The number of benzene rings is 2. The molecule has 0 fully saturated rings. The first kappa shape index (κ1) is 20.3. The Kier molecular flexibility index (Phi) is 7.67. The summed E-state index contributed by atoms with van der Waals surface area (Å²) in [6.07, 6.45) is 2.14. The van der Waals surface area contributed by atoms with Crippen LogP contribution < -0.4 is 14.8 Å². The van der Waals surface area contributed by atoms with Gasteiger partial charge in [0.25, 0.3) is 5.91 Å². The van der Waals surface area contributed by atoms with E-state index in [1.54, 1.807) is 18.2 Å². The molecule has 0 heterocycles. The van der Waals surface area contributed by atoms with Crippen molar-refractivity contribution >= 4 is 11.9 Å². The van der Waals surface area contributed by atoms with E-state index in [1.807, 2.05) is 30.3 Å². The van der Waals surface area contributed by atoms with Gasteiger partial charge in [-0.1, -0.05) is 43.7 Å². The van der Waals surface area contributed by atoms with E-state index in [9.17, 15) is 14.7 Å². The van der Waals surface area contributed by atoms with Gasteiger partial charge in [-0.3, -0.25) is 4.79 Å². The van der Waals surface area contributed by atoms with E-state index >= 15 is 0 Å². The van der Waals surface area contributed by atoms with Gasteiger partial charge in [0, 0.05) is 12.0 Å². The third kappa shape index (κ3) is 6.02. The molecule has 0 aliphatic rings. The number of aliphatic carboxylic acids is 1. The number of carboxylic acids is 1. The molecule has 27 heavy (non-hydrogen) atoms. The standard InChI is InChI=1S/C21H25NO5/c1-3-4-12-27-18-11-10-16(14-19(18)26-2)20(23)22-17(21(24)25)13-15-8-6-5-7-9-15/h5-11,14,17H,3-4,12-13H2,1-2H3,(H,22,23)(H,24,25)/t17-/m0/s1. The number of nitrogens with one attached hydrogen (secondary N) is 1. The predicted octanol–water partition coefficient (Wildman–Crippen LogP) is 3.30. The molecule has 0 aromatic heterocycles. The average Bonchev–Trinajstić information content (AvgIpc) is 2.68. The van der Waals surface area contributed by atoms with Crippen molar-refractivity contribution in [3.8, 4) is 11.5 Å². The van der Waals surface area contributed by atoms with Crippen LogP contribution in [0.3, 0.4) is 0 Å². The van der Waals surface area contributed by atoms with Gasteiger partial charge in [-0.2, -0.15) is 0 Å². The fraction of sp³-hybridized carbons (Fsp3) is 0.333. The summed E-state index contributed by atoms with van der Waals surface area (Å²) < 4.78 is 10.9. The SMILES string of the molecule is CCCCOc1ccc(C(=O)N[C@@H](Cc2ccccc2)C(=O)O)cc1OC. The Bertz CT molecular complexity index is 760. The lowest BCUT2D eigenvalue weighted by Crippen LogP contribution is -2.42. The van der Waals surface area contributed by atoms with Gasteiger partial charge in [0.1, 0.15) is 6.04 Å². The minimum atomic E-state index is -1.08. The van der Waals surface area contributed by atoms with Crippen LogP contribution in [0.1, 0.15) is 35.7 Å². The van der Waals surface area contributed by atoms with E-state index in [4.69, 9.17) is 9.47 Å². The van der Waals surface area contributed by atoms with Gasteiger partial charge in [-0.25, -0.2) is 4.79 Å². The smallest absolute Gasteiger partial charge is 0.326 e. The highest BCUT2D eigenvalue weighted by Gasteiger charge is 2.22. The third-order valence-corrected chi connectivity index (χ3v) is 4.07. The number of methoxy groups -OCH3 is 1. The molecule has 1 atom stereocenters. The van der Waals surface area contributed by atoms with Crippen molar-refractivity contribution in [2.45, 2.75) is 32.2 Å². The molecule has 0 saturated carbocycles. The average molecular weight is 371 g/mol. The van der Waals surface area contributed by atoms with Gasteiger partial charge in [-0.05, 0) is 30.2 Å². The number of carboxylic acid groups (broad SMARTS) is 1. The Balaban J connectivity index is 2.09. The Morgan fingerprint density at radius 2 is 1.85 bits per heavy atom. The fourth-order valence-corrected chi connectivity index (χ4v) is 2.55. The first-order valence-electron chi connectivity index (χ1n) is 8.93. The van der Waals surface area contributed by atoms with Crippen LogP contribution in [0, 0.1) is 0 Å². The normalized spacial score (nSPS) is 11.5. The van der Waals surface area contributed by atoms with E-state index in [0.29, 0.717) is 23.7 Å². The Labute approximate surface area is 159 Å². The van der Waals surface area contributed by atoms with E-state index in [-0.39, 0.29) is 6.42 Å². The molecular weight excluding hydrogens is 346 g/mol. The molecule has 0 saturated heterocycles. The maximum absolute atomic E-state index is 12.5. The van der Waals surface area contributed by atoms with Crippen LogP contribution in [0.2, 0.25) is 0 Å². The molecule has 0 radical (unpaired) electrons. The van der Waals surface area contributed by atoms with Gasteiger partial charge in [0.2, 0.25) is 0 Å². The number of ether oxygens (including phenoxy) is 2. The van der Waals surface area contributed by atoms with Crippen molar-refractivity contribution in [1.29, 1.82) is 0 Å². The van der Waals surface area contributed by atoms with Crippen molar-refractivity contribution < 1.29 is 24.2 Å².